The molecule has 5 N–H and O–H groups in total. The minimum absolute atomic E-state index is 0.0710. The first-order valence-corrected chi connectivity index (χ1v) is 6.25. The van der Waals surface area contributed by atoms with Crippen molar-refractivity contribution in [1.29, 1.82) is 5.41 Å². The van der Waals surface area contributed by atoms with Crippen LogP contribution in [-0.4, -0.2) is 24.6 Å². The van der Waals surface area contributed by atoms with E-state index in [-0.39, 0.29) is 30.4 Å². The highest BCUT2D eigenvalue weighted by atomic mass is 19.4. The first kappa shape index (κ1) is 18.3. The molecule has 1 unspecified atom stereocenters. The number of nitrogens with two attached hydrogens (primary N) is 1. The second kappa shape index (κ2) is 8.44. The van der Waals surface area contributed by atoms with Gasteiger partial charge in [0, 0.05) is 18.7 Å². The summed E-state index contributed by atoms with van der Waals surface area (Å²) in [7, 11) is 0. The van der Waals surface area contributed by atoms with Crippen molar-refractivity contribution >= 4 is 11.9 Å². The number of nitrogens with one attached hydrogen (secondary N) is 3. The molecule has 0 aliphatic heterocycles. The lowest BCUT2D eigenvalue weighted by atomic mass is 10.1. The van der Waals surface area contributed by atoms with Gasteiger partial charge in [0.25, 0.3) is 0 Å². The topological polar surface area (TPSA) is 91.0 Å². The van der Waals surface area contributed by atoms with Gasteiger partial charge in [-0.15, -0.1) is 0 Å². The third-order valence-corrected chi connectivity index (χ3v) is 2.57. The standard InChI is InChI=1S/C12H21F3N4O/c1-8(12(13,14)15)7-9(2)19-10(20)5-3-4-6-18-11(16)17/h8H,2-7H2,1H3,(H,19,20)(H4,16,17,18). The van der Waals surface area contributed by atoms with Crippen LogP contribution in [0.3, 0.4) is 0 Å². The van der Waals surface area contributed by atoms with Gasteiger partial charge in [0.1, 0.15) is 0 Å². The van der Waals surface area contributed by atoms with E-state index < -0.39 is 12.1 Å². The zero-order chi connectivity index (χ0) is 15.8. The summed E-state index contributed by atoms with van der Waals surface area (Å²) in [5, 5.41) is 11.9. The van der Waals surface area contributed by atoms with Crippen molar-refractivity contribution in [3.8, 4) is 0 Å². The van der Waals surface area contributed by atoms with Gasteiger partial charge < -0.3 is 16.4 Å². The van der Waals surface area contributed by atoms with E-state index in [4.69, 9.17) is 11.1 Å². The van der Waals surface area contributed by atoms with Gasteiger partial charge in [0.15, 0.2) is 5.96 Å². The second-order valence-corrected chi connectivity index (χ2v) is 4.60. The molecular formula is C12H21F3N4O. The molecule has 0 bridgehead atoms. The molecule has 0 saturated carbocycles. The smallest absolute Gasteiger partial charge is 0.370 e. The van der Waals surface area contributed by atoms with Crippen LogP contribution < -0.4 is 16.4 Å². The fourth-order valence-corrected chi connectivity index (χ4v) is 1.43. The fourth-order valence-electron chi connectivity index (χ4n) is 1.43. The molecule has 1 amide bonds. The Bertz CT molecular complexity index is 355. The summed E-state index contributed by atoms with van der Waals surface area (Å²) < 4.78 is 36.9. The van der Waals surface area contributed by atoms with E-state index in [0.717, 1.165) is 6.92 Å². The maximum absolute atomic E-state index is 12.3. The summed E-state index contributed by atoms with van der Waals surface area (Å²) in [6, 6.07) is 0. The van der Waals surface area contributed by atoms with Gasteiger partial charge in [-0.05, 0) is 19.3 Å². The van der Waals surface area contributed by atoms with Crippen molar-refractivity contribution < 1.29 is 18.0 Å². The summed E-state index contributed by atoms with van der Waals surface area (Å²) in [5.74, 6) is -2.02. The molecule has 0 saturated heterocycles. The van der Waals surface area contributed by atoms with E-state index in [0.29, 0.717) is 19.4 Å². The van der Waals surface area contributed by atoms with Gasteiger partial charge in [-0.3, -0.25) is 10.2 Å². The van der Waals surface area contributed by atoms with Gasteiger partial charge in [0.2, 0.25) is 5.91 Å². The van der Waals surface area contributed by atoms with E-state index in [9.17, 15) is 18.0 Å². The number of guanidine groups is 1. The Morgan fingerprint density at radius 3 is 2.50 bits per heavy atom. The maximum Gasteiger partial charge on any atom is 0.391 e. The van der Waals surface area contributed by atoms with E-state index >= 15 is 0 Å². The zero-order valence-electron chi connectivity index (χ0n) is 11.4. The molecule has 8 heteroatoms. The molecule has 0 radical (unpaired) electrons. The molecule has 0 aromatic rings. The van der Waals surface area contributed by atoms with Crippen molar-refractivity contribution in [2.24, 2.45) is 11.7 Å². The maximum atomic E-state index is 12.3. The van der Waals surface area contributed by atoms with Crippen LogP contribution in [0.15, 0.2) is 12.3 Å². The second-order valence-electron chi connectivity index (χ2n) is 4.60. The number of alkyl halides is 3. The Kier molecular flexibility index (Phi) is 7.71. The molecule has 0 rings (SSSR count). The lowest BCUT2D eigenvalue weighted by Crippen LogP contribution is -2.31. The Morgan fingerprint density at radius 1 is 1.40 bits per heavy atom. The van der Waals surface area contributed by atoms with Crippen LogP contribution in [0.2, 0.25) is 0 Å². The van der Waals surface area contributed by atoms with E-state index in [1.54, 1.807) is 0 Å². The van der Waals surface area contributed by atoms with Gasteiger partial charge >= 0.3 is 6.18 Å². The molecule has 0 aromatic heterocycles. The molecule has 0 aliphatic rings. The number of carbonyl (C=O) groups excluding carboxylic acids is 1. The van der Waals surface area contributed by atoms with Crippen LogP contribution in [0.5, 0.6) is 0 Å². The average molecular weight is 294 g/mol. The number of hydrogen-bond acceptors (Lipinski definition) is 2. The van der Waals surface area contributed by atoms with E-state index in [1.165, 1.54) is 0 Å². The summed E-state index contributed by atoms with van der Waals surface area (Å²) in [6.07, 6.45) is -3.22. The minimum Gasteiger partial charge on any atom is -0.370 e. The number of carbonyl (C=O) groups is 1. The van der Waals surface area contributed by atoms with Gasteiger partial charge in [-0.2, -0.15) is 13.2 Å². The summed E-state index contributed by atoms with van der Waals surface area (Å²) in [5.41, 5.74) is 5.14. The lowest BCUT2D eigenvalue weighted by molar-refractivity contribution is -0.169. The molecule has 0 spiro atoms. The predicted molar refractivity (Wildman–Crippen MR) is 70.9 cm³/mol. The quantitative estimate of drug-likeness (QED) is 0.313. The van der Waals surface area contributed by atoms with Crippen LogP contribution in [0.25, 0.3) is 0 Å². The summed E-state index contributed by atoms with van der Waals surface area (Å²) >= 11 is 0. The number of hydrogen-bond donors (Lipinski definition) is 4. The predicted octanol–water partition coefficient (Wildman–Crippen LogP) is 1.86. The summed E-state index contributed by atoms with van der Waals surface area (Å²) in [4.78, 5) is 11.4. The highest BCUT2D eigenvalue weighted by Crippen LogP contribution is 2.29. The van der Waals surface area contributed by atoms with Crippen LogP contribution in [-0.2, 0) is 4.79 Å². The van der Waals surface area contributed by atoms with Crippen LogP contribution >= 0.6 is 0 Å². The van der Waals surface area contributed by atoms with E-state index in [2.05, 4.69) is 17.2 Å². The van der Waals surface area contributed by atoms with Gasteiger partial charge in [0.05, 0.1) is 5.92 Å². The van der Waals surface area contributed by atoms with Crippen LogP contribution in [0.1, 0.15) is 32.6 Å². The molecule has 0 aliphatic carbocycles. The third kappa shape index (κ3) is 9.23. The Hall–Kier alpha value is -1.73. The zero-order valence-corrected chi connectivity index (χ0v) is 11.4. The lowest BCUT2D eigenvalue weighted by Gasteiger charge is -2.17. The Morgan fingerprint density at radius 2 is 2.00 bits per heavy atom. The average Bonchev–Trinajstić information content (AvgIpc) is 2.26. The number of halogens is 3. The van der Waals surface area contributed by atoms with Crippen molar-refractivity contribution in [3.05, 3.63) is 12.3 Å². The van der Waals surface area contributed by atoms with Crippen molar-refractivity contribution in [2.75, 3.05) is 6.54 Å². The highest BCUT2D eigenvalue weighted by molar-refractivity contribution is 5.77. The Labute approximate surface area is 116 Å². The molecule has 20 heavy (non-hydrogen) atoms. The molecule has 1 atom stereocenters. The molecule has 116 valence electrons. The van der Waals surface area contributed by atoms with E-state index in [1.807, 2.05) is 0 Å². The first-order valence-electron chi connectivity index (χ1n) is 6.25. The normalized spacial score (nSPS) is 12.6. The largest absolute Gasteiger partial charge is 0.391 e. The first-order chi connectivity index (χ1) is 9.12. The molecule has 0 heterocycles. The SMILES string of the molecule is C=C(CC(C)C(F)(F)F)NC(=O)CCCCNC(=N)N. The van der Waals surface area contributed by atoms with Crippen molar-refractivity contribution in [1.82, 2.24) is 10.6 Å². The fraction of sp³-hybridized carbons (Fsp3) is 0.667. The molecular weight excluding hydrogens is 273 g/mol. The van der Waals surface area contributed by atoms with Crippen LogP contribution in [0.4, 0.5) is 13.2 Å². The number of rotatable bonds is 8. The Balaban J connectivity index is 3.81. The highest BCUT2D eigenvalue weighted by Gasteiger charge is 2.36. The molecule has 0 fully saturated rings. The monoisotopic (exact) mass is 294 g/mol. The van der Waals surface area contributed by atoms with Gasteiger partial charge in [-0.25, -0.2) is 0 Å². The number of unbranched alkanes of at least 4 members (excludes halogenated alkanes) is 1. The van der Waals surface area contributed by atoms with Crippen LogP contribution in [0, 0.1) is 11.3 Å². The molecule has 0 aromatic carbocycles. The number of allylic oxidation sites excluding steroid dienone is 1. The summed E-state index contributed by atoms with van der Waals surface area (Å²) in [6.45, 7) is 4.95. The third-order valence-electron chi connectivity index (χ3n) is 2.57. The van der Waals surface area contributed by atoms with Gasteiger partial charge in [-0.1, -0.05) is 13.5 Å². The minimum atomic E-state index is -4.29. The van der Waals surface area contributed by atoms with Crippen molar-refractivity contribution in [3.63, 3.8) is 0 Å². The number of amides is 1. The van der Waals surface area contributed by atoms with Crippen molar-refractivity contribution in [2.45, 2.75) is 38.8 Å². The molecule has 5 nitrogen and oxygen atoms in total.